The quantitative estimate of drug-likeness (QED) is 0.802. The Bertz CT molecular complexity index is 611. The van der Waals surface area contributed by atoms with Crippen molar-refractivity contribution in [1.29, 1.82) is 0 Å². The van der Waals surface area contributed by atoms with E-state index in [1.807, 2.05) is 19.1 Å². The molecule has 0 saturated heterocycles. The summed E-state index contributed by atoms with van der Waals surface area (Å²) in [6.45, 7) is 1.87. The number of benzene rings is 1. The molecule has 0 atom stereocenters. The fourth-order valence-electron chi connectivity index (χ4n) is 1.92. The SMILES string of the molecule is COc1ccc(Cl)cc1CC(=O)c1ncccc1C. The Balaban J connectivity index is 2.29. The molecule has 1 aromatic heterocycles. The lowest BCUT2D eigenvalue weighted by molar-refractivity contribution is 0.0986. The van der Waals surface area contributed by atoms with E-state index < -0.39 is 0 Å². The number of rotatable bonds is 4. The maximum Gasteiger partial charge on any atom is 0.185 e. The first-order chi connectivity index (χ1) is 9.11. The maximum absolute atomic E-state index is 12.3. The fraction of sp³-hybridized carbons (Fsp3) is 0.200. The number of aryl methyl sites for hydroxylation is 1. The molecule has 0 saturated carbocycles. The van der Waals surface area contributed by atoms with Crippen molar-refractivity contribution >= 4 is 17.4 Å². The third kappa shape index (κ3) is 3.12. The summed E-state index contributed by atoms with van der Waals surface area (Å²) in [7, 11) is 1.57. The van der Waals surface area contributed by atoms with Crippen LogP contribution in [0.1, 0.15) is 21.6 Å². The summed E-state index contributed by atoms with van der Waals surface area (Å²) in [6.07, 6.45) is 1.84. The van der Waals surface area contributed by atoms with Crippen molar-refractivity contribution in [2.24, 2.45) is 0 Å². The van der Waals surface area contributed by atoms with Crippen LogP contribution < -0.4 is 4.74 Å². The zero-order chi connectivity index (χ0) is 13.8. The standard InChI is InChI=1S/C15H14ClNO2/c1-10-4-3-7-17-15(10)13(18)9-11-8-12(16)5-6-14(11)19-2/h3-8H,9H2,1-2H3. The highest BCUT2D eigenvalue weighted by atomic mass is 35.5. The van der Waals surface area contributed by atoms with Crippen molar-refractivity contribution in [3.63, 3.8) is 0 Å². The number of hydrogen-bond donors (Lipinski definition) is 0. The number of Topliss-reactive ketones (excluding diaryl/α,β-unsaturated/α-hetero) is 1. The Morgan fingerprint density at radius 3 is 2.84 bits per heavy atom. The molecule has 0 bridgehead atoms. The van der Waals surface area contributed by atoms with Crippen LogP contribution in [-0.2, 0) is 6.42 Å². The van der Waals surface area contributed by atoms with Crippen molar-refractivity contribution < 1.29 is 9.53 Å². The number of methoxy groups -OCH3 is 1. The Labute approximate surface area is 117 Å². The van der Waals surface area contributed by atoms with Gasteiger partial charge in [-0.25, -0.2) is 0 Å². The van der Waals surface area contributed by atoms with Crippen molar-refractivity contribution in [3.05, 3.63) is 58.4 Å². The number of carbonyl (C=O) groups is 1. The average molecular weight is 276 g/mol. The summed E-state index contributed by atoms with van der Waals surface area (Å²) in [6, 6.07) is 8.93. The lowest BCUT2D eigenvalue weighted by Gasteiger charge is -2.09. The number of ether oxygens (including phenoxy) is 1. The molecule has 1 aromatic carbocycles. The lowest BCUT2D eigenvalue weighted by atomic mass is 10.0. The number of nitrogens with zero attached hydrogens (tertiary/aromatic N) is 1. The molecular formula is C15H14ClNO2. The van der Waals surface area contributed by atoms with Gasteiger partial charge in [0.25, 0.3) is 0 Å². The van der Waals surface area contributed by atoms with Gasteiger partial charge in [0.05, 0.1) is 7.11 Å². The van der Waals surface area contributed by atoms with Gasteiger partial charge in [-0.05, 0) is 36.8 Å². The topological polar surface area (TPSA) is 39.2 Å². The molecule has 0 fully saturated rings. The molecule has 0 unspecified atom stereocenters. The number of pyridine rings is 1. The highest BCUT2D eigenvalue weighted by molar-refractivity contribution is 6.30. The summed E-state index contributed by atoms with van der Waals surface area (Å²) in [4.78, 5) is 16.4. The minimum absolute atomic E-state index is 0.0429. The smallest absolute Gasteiger partial charge is 0.185 e. The molecule has 98 valence electrons. The molecule has 0 aliphatic rings. The highest BCUT2D eigenvalue weighted by Crippen LogP contribution is 2.24. The van der Waals surface area contributed by atoms with Gasteiger partial charge in [-0.2, -0.15) is 0 Å². The Morgan fingerprint density at radius 2 is 2.16 bits per heavy atom. The van der Waals surface area contributed by atoms with Gasteiger partial charge in [-0.3, -0.25) is 9.78 Å². The van der Waals surface area contributed by atoms with E-state index in [1.165, 1.54) is 0 Å². The van der Waals surface area contributed by atoms with Gasteiger partial charge in [0.2, 0.25) is 0 Å². The first kappa shape index (κ1) is 13.6. The highest BCUT2D eigenvalue weighted by Gasteiger charge is 2.14. The van der Waals surface area contributed by atoms with Gasteiger partial charge in [0, 0.05) is 23.2 Å². The van der Waals surface area contributed by atoms with Crippen LogP contribution in [0.15, 0.2) is 36.5 Å². The second kappa shape index (κ2) is 5.85. The summed E-state index contributed by atoms with van der Waals surface area (Å²) in [5, 5.41) is 0.585. The second-order valence-corrected chi connectivity index (χ2v) is 4.66. The van der Waals surface area contributed by atoms with Gasteiger partial charge in [-0.1, -0.05) is 17.7 Å². The third-order valence-electron chi connectivity index (χ3n) is 2.87. The van der Waals surface area contributed by atoms with Gasteiger partial charge in [-0.15, -0.1) is 0 Å². The van der Waals surface area contributed by atoms with E-state index in [2.05, 4.69) is 4.98 Å². The van der Waals surface area contributed by atoms with Crippen molar-refractivity contribution in [2.45, 2.75) is 13.3 Å². The molecule has 2 aromatic rings. The van der Waals surface area contributed by atoms with Crippen molar-refractivity contribution in [2.75, 3.05) is 7.11 Å². The molecular weight excluding hydrogens is 262 g/mol. The van der Waals surface area contributed by atoms with Crippen LogP contribution in [0.5, 0.6) is 5.75 Å². The summed E-state index contributed by atoms with van der Waals surface area (Å²) < 4.78 is 5.24. The van der Waals surface area contributed by atoms with Crippen LogP contribution in [0.2, 0.25) is 5.02 Å². The van der Waals surface area contributed by atoms with Gasteiger partial charge in [0.15, 0.2) is 5.78 Å². The van der Waals surface area contributed by atoms with Crippen LogP contribution >= 0.6 is 11.6 Å². The van der Waals surface area contributed by atoms with Gasteiger partial charge < -0.3 is 4.74 Å². The predicted molar refractivity (Wildman–Crippen MR) is 75.0 cm³/mol. The number of carbonyl (C=O) groups excluding carboxylic acids is 1. The zero-order valence-corrected chi connectivity index (χ0v) is 11.6. The largest absolute Gasteiger partial charge is 0.496 e. The van der Waals surface area contributed by atoms with Gasteiger partial charge in [0.1, 0.15) is 11.4 Å². The molecule has 0 N–H and O–H groups in total. The molecule has 0 spiro atoms. The van der Waals surface area contributed by atoms with E-state index in [1.54, 1.807) is 31.5 Å². The van der Waals surface area contributed by atoms with Crippen LogP contribution in [0, 0.1) is 6.92 Å². The fourth-order valence-corrected chi connectivity index (χ4v) is 2.11. The predicted octanol–water partition coefficient (Wildman–Crippen LogP) is 3.48. The van der Waals surface area contributed by atoms with Crippen LogP contribution in [-0.4, -0.2) is 17.9 Å². The molecule has 0 aliphatic heterocycles. The molecule has 19 heavy (non-hydrogen) atoms. The molecule has 0 aliphatic carbocycles. The van der Waals surface area contributed by atoms with Crippen LogP contribution in [0.3, 0.4) is 0 Å². The average Bonchev–Trinajstić information content (AvgIpc) is 2.39. The minimum atomic E-state index is -0.0429. The van der Waals surface area contributed by atoms with E-state index in [4.69, 9.17) is 16.3 Å². The van der Waals surface area contributed by atoms with E-state index in [-0.39, 0.29) is 12.2 Å². The van der Waals surface area contributed by atoms with E-state index in [0.717, 1.165) is 11.1 Å². The molecule has 3 nitrogen and oxygen atoms in total. The van der Waals surface area contributed by atoms with E-state index >= 15 is 0 Å². The number of halogens is 1. The van der Waals surface area contributed by atoms with Crippen molar-refractivity contribution in [3.8, 4) is 5.75 Å². The summed E-state index contributed by atoms with van der Waals surface area (Å²) >= 11 is 5.95. The third-order valence-corrected chi connectivity index (χ3v) is 3.10. The minimum Gasteiger partial charge on any atom is -0.496 e. The van der Waals surface area contributed by atoms with Crippen molar-refractivity contribution in [1.82, 2.24) is 4.98 Å². The van der Waals surface area contributed by atoms with Gasteiger partial charge >= 0.3 is 0 Å². The molecule has 2 rings (SSSR count). The monoisotopic (exact) mass is 275 g/mol. The first-order valence-electron chi connectivity index (χ1n) is 5.89. The number of aromatic nitrogens is 1. The Kier molecular flexibility index (Phi) is 4.17. The second-order valence-electron chi connectivity index (χ2n) is 4.23. The number of hydrogen-bond acceptors (Lipinski definition) is 3. The molecule has 0 radical (unpaired) electrons. The van der Waals surface area contributed by atoms with Crippen LogP contribution in [0.25, 0.3) is 0 Å². The first-order valence-corrected chi connectivity index (χ1v) is 6.27. The van der Waals surface area contributed by atoms with E-state index in [9.17, 15) is 4.79 Å². The lowest BCUT2D eigenvalue weighted by Crippen LogP contribution is -2.08. The normalized spacial score (nSPS) is 10.3. The van der Waals surface area contributed by atoms with E-state index in [0.29, 0.717) is 16.5 Å². The Hall–Kier alpha value is -1.87. The molecule has 1 heterocycles. The molecule has 4 heteroatoms. The zero-order valence-electron chi connectivity index (χ0n) is 10.8. The number of ketones is 1. The summed E-state index contributed by atoms with van der Waals surface area (Å²) in [5.41, 5.74) is 2.13. The Morgan fingerprint density at radius 1 is 1.37 bits per heavy atom. The maximum atomic E-state index is 12.3. The summed E-state index contributed by atoms with van der Waals surface area (Å²) in [5.74, 6) is 0.616. The molecule has 0 amide bonds. The van der Waals surface area contributed by atoms with Crippen LogP contribution in [0.4, 0.5) is 0 Å².